The van der Waals surface area contributed by atoms with E-state index in [0.717, 1.165) is 25.9 Å². The highest BCUT2D eigenvalue weighted by molar-refractivity contribution is 7.86. The van der Waals surface area contributed by atoms with Crippen LogP contribution in [-0.2, 0) is 15.0 Å². The monoisotopic (exact) mass is 276 g/mol. The van der Waals surface area contributed by atoms with E-state index in [1.807, 2.05) is 0 Å². The van der Waals surface area contributed by atoms with Crippen molar-refractivity contribution in [1.29, 1.82) is 0 Å². The number of piperazine rings is 1. The van der Waals surface area contributed by atoms with E-state index in [2.05, 4.69) is 5.32 Å². The highest BCUT2D eigenvalue weighted by Gasteiger charge is 2.30. The fourth-order valence-electron chi connectivity index (χ4n) is 2.48. The molecule has 0 aliphatic carbocycles. The molecule has 0 radical (unpaired) electrons. The van der Waals surface area contributed by atoms with E-state index in [4.69, 9.17) is 5.14 Å². The number of carbonyl (C=O) groups excluding carboxylic acids is 1. The van der Waals surface area contributed by atoms with Crippen LogP contribution in [-0.4, -0.2) is 62.8 Å². The second kappa shape index (κ2) is 5.52. The SMILES string of the molecule is NS(=O)(=O)N1CCN(C(=O)[C@H]2CCCNC2)CC1. The van der Waals surface area contributed by atoms with Crippen LogP contribution in [0.1, 0.15) is 12.8 Å². The molecule has 0 aromatic carbocycles. The zero-order chi connectivity index (χ0) is 13.2. The normalized spacial score (nSPS) is 27.2. The molecule has 7 nitrogen and oxygen atoms in total. The Bertz CT molecular complexity index is 397. The molecule has 8 heteroatoms. The van der Waals surface area contributed by atoms with Gasteiger partial charge in [0.05, 0.1) is 5.92 Å². The molecule has 18 heavy (non-hydrogen) atoms. The second-order valence-electron chi connectivity index (χ2n) is 4.81. The van der Waals surface area contributed by atoms with Gasteiger partial charge in [0.1, 0.15) is 0 Å². The molecular weight excluding hydrogens is 256 g/mol. The Hall–Kier alpha value is -0.700. The summed E-state index contributed by atoms with van der Waals surface area (Å²) in [5.74, 6) is 0.177. The first-order valence-electron chi connectivity index (χ1n) is 6.26. The van der Waals surface area contributed by atoms with Crippen LogP contribution in [0.3, 0.4) is 0 Å². The highest BCUT2D eigenvalue weighted by Crippen LogP contribution is 2.15. The van der Waals surface area contributed by atoms with E-state index >= 15 is 0 Å². The number of piperidine rings is 1. The van der Waals surface area contributed by atoms with Crippen molar-refractivity contribution in [2.45, 2.75) is 12.8 Å². The molecule has 0 unspecified atom stereocenters. The van der Waals surface area contributed by atoms with Crippen LogP contribution in [0.4, 0.5) is 0 Å². The summed E-state index contributed by atoms with van der Waals surface area (Å²) < 4.78 is 23.5. The van der Waals surface area contributed by atoms with Gasteiger partial charge in [0.15, 0.2) is 0 Å². The Kier molecular flexibility index (Phi) is 4.21. The molecular formula is C10H20N4O3S. The predicted molar refractivity (Wildman–Crippen MR) is 66.9 cm³/mol. The lowest BCUT2D eigenvalue weighted by molar-refractivity contribution is -0.137. The first-order chi connectivity index (χ1) is 8.48. The summed E-state index contributed by atoms with van der Waals surface area (Å²) in [6, 6.07) is 0. The average Bonchev–Trinajstić information content (AvgIpc) is 2.38. The number of amides is 1. The minimum absolute atomic E-state index is 0.0415. The molecule has 0 aromatic rings. The Morgan fingerprint density at radius 2 is 1.89 bits per heavy atom. The van der Waals surface area contributed by atoms with Gasteiger partial charge < -0.3 is 10.2 Å². The third-order valence-electron chi connectivity index (χ3n) is 3.56. The summed E-state index contributed by atoms with van der Waals surface area (Å²) in [5, 5.41) is 8.27. The lowest BCUT2D eigenvalue weighted by Crippen LogP contribution is -2.54. The summed E-state index contributed by atoms with van der Waals surface area (Å²) in [6.45, 7) is 3.17. The Labute approximate surface area is 107 Å². The lowest BCUT2D eigenvalue weighted by Gasteiger charge is -2.35. The van der Waals surface area contributed by atoms with Crippen molar-refractivity contribution in [3.05, 3.63) is 0 Å². The number of carbonyl (C=O) groups is 1. The molecule has 0 spiro atoms. The van der Waals surface area contributed by atoms with Gasteiger partial charge in [-0.25, -0.2) is 5.14 Å². The molecule has 1 atom stereocenters. The molecule has 2 aliphatic rings. The quantitative estimate of drug-likeness (QED) is 0.630. The maximum Gasteiger partial charge on any atom is 0.277 e. The van der Waals surface area contributed by atoms with Gasteiger partial charge >= 0.3 is 0 Å². The predicted octanol–water partition coefficient (Wildman–Crippen LogP) is -1.67. The number of nitrogens with one attached hydrogen (secondary N) is 1. The second-order valence-corrected chi connectivity index (χ2v) is 6.36. The molecule has 2 heterocycles. The van der Waals surface area contributed by atoms with Gasteiger partial charge in [-0.05, 0) is 19.4 Å². The van der Waals surface area contributed by atoms with E-state index in [9.17, 15) is 13.2 Å². The molecule has 2 aliphatic heterocycles. The van der Waals surface area contributed by atoms with Crippen LogP contribution in [0, 0.1) is 5.92 Å². The number of hydrogen-bond donors (Lipinski definition) is 2. The van der Waals surface area contributed by atoms with Crippen molar-refractivity contribution >= 4 is 16.1 Å². The van der Waals surface area contributed by atoms with E-state index in [-0.39, 0.29) is 11.8 Å². The van der Waals surface area contributed by atoms with Gasteiger partial charge in [0, 0.05) is 32.7 Å². The Balaban J connectivity index is 1.87. The first kappa shape index (κ1) is 13.7. The maximum absolute atomic E-state index is 12.2. The van der Waals surface area contributed by atoms with Gasteiger partial charge in [0.2, 0.25) is 5.91 Å². The van der Waals surface area contributed by atoms with E-state index in [1.165, 1.54) is 4.31 Å². The molecule has 1 amide bonds. The average molecular weight is 276 g/mol. The van der Waals surface area contributed by atoms with Crippen LogP contribution >= 0.6 is 0 Å². The molecule has 0 saturated carbocycles. The molecule has 3 N–H and O–H groups in total. The Morgan fingerprint density at radius 1 is 1.22 bits per heavy atom. The molecule has 2 rings (SSSR count). The highest BCUT2D eigenvalue weighted by atomic mass is 32.2. The fraction of sp³-hybridized carbons (Fsp3) is 0.900. The summed E-state index contributed by atoms with van der Waals surface area (Å²) in [6.07, 6.45) is 1.94. The van der Waals surface area contributed by atoms with Crippen molar-refractivity contribution in [3.63, 3.8) is 0 Å². The van der Waals surface area contributed by atoms with Gasteiger partial charge in [-0.2, -0.15) is 12.7 Å². The van der Waals surface area contributed by atoms with Gasteiger partial charge in [-0.3, -0.25) is 4.79 Å². The van der Waals surface area contributed by atoms with Crippen LogP contribution in [0.2, 0.25) is 0 Å². The zero-order valence-electron chi connectivity index (χ0n) is 10.3. The van der Waals surface area contributed by atoms with E-state index in [1.54, 1.807) is 4.90 Å². The molecule has 0 aromatic heterocycles. The van der Waals surface area contributed by atoms with Crippen molar-refractivity contribution in [2.24, 2.45) is 11.1 Å². The fourth-order valence-corrected chi connectivity index (χ4v) is 3.16. The van der Waals surface area contributed by atoms with Crippen LogP contribution < -0.4 is 10.5 Å². The minimum atomic E-state index is -3.62. The van der Waals surface area contributed by atoms with Crippen LogP contribution in [0.25, 0.3) is 0 Å². The smallest absolute Gasteiger partial charge is 0.277 e. The van der Waals surface area contributed by atoms with Gasteiger partial charge in [0.25, 0.3) is 10.2 Å². The molecule has 0 bridgehead atoms. The largest absolute Gasteiger partial charge is 0.340 e. The topological polar surface area (TPSA) is 95.7 Å². The Morgan fingerprint density at radius 3 is 2.39 bits per heavy atom. The van der Waals surface area contributed by atoms with Crippen molar-refractivity contribution in [2.75, 3.05) is 39.3 Å². The van der Waals surface area contributed by atoms with Crippen LogP contribution in [0.15, 0.2) is 0 Å². The van der Waals surface area contributed by atoms with Crippen molar-refractivity contribution in [1.82, 2.24) is 14.5 Å². The molecule has 2 fully saturated rings. The number of nitrogens with zero attached hydrogens (tertiary/aromatic N) is 2. The third kappa shape index (κ3) is 3.19. The van der Waals surface area contributed by atoms with Gasteiger partial charge in [-0.1, -0.05) is 0 Å². The number of rotatable bonds is 2. The maximum atomic E-state index is 12.2. The minimum Gasteiger partial charge on any atom is -0.340 e. The summed E-state index contributed by atoms with van der Waals surface area (Å²) >= 11 is 0. The van der Waals surface area contributed by atoms with Crippen molar-refractivity contribution in [3.8, 4) is 0 Å². The van der Waals surface area contributed by atoms with Crippen molar-refractivity contribution < 1.29 is 13.2 Å². The lowest BCUT2D eigenvalue weighted by atomic mass is 9.98. The summed E-state index contributed by atoms with van der Waals surface area (Å²) in [4.78, 5) is 13.9. The number of hydrogen-bond acceptors (Lipinski definition) is 4. The standard InChI is InChI=1S/C10H20N4O3S/c11-18(16,17)14-6-4-13(5-7-14)10(15)9-2-1-3-12-8-9/h9,12H,1-8H2,(H2,11,16,17)/t9-/m0/s1. The first-order valence-corrected chi connectivity index (χ1v) is 7.76. The van der Waals surface area contributed by atoms with Gasteiger partial charge in [-0.15, -0.1) is 0 Å². The molecule has 2 saturated heterocycles. The summed E-state index contributed by atoms with van der Waals surface area (Å²) in [5.41, 5.74) is 0. The zero-order valence-corrected chi connectivity index (χ0v) is 11.2. The van der Waals surface area contributed by atoms with E-state index < -0.39 is 10.2 Å². The van der Waals surface area contributed by atoms with Crippen LogP contribution in [0.5, 0.6) is 0 Å². The van der Waals surface area contributed by atoms with E-state index in [0.29, 0.717) is 26.2 Å². The molecule has 104 valence electrons. The number of nitrogens with two attached hydrogens (primary N) is 1. The summed E-state index contributed by atoms with van der Waals surface area (Å²) in [7, 11) is -3.62. The third-order valence-corrected chi connectivity index (χ3v) is 4.64.